The monoisotopic (exact) mass is 252 g/mol. The molecular formula is C14H24N2O2. The maximum Gasteiger partial charge on any atom is 0.122 e. The number of likely N-dealkylation sites (tertiary alicyclic amines) is 1. The summed E-state index contributed by atoms with van der Waals surface area (Å²) in [5.74, 6) is 2.55. The van der Waals surface area contributed by atoms with Crippen molar-refractivity contribution in [3.8, 4) is 0 Å². The van der Waals surface area contributed by atoms with E-state index >= 15 is 0 Å². The zero-order valence-electron chi connectivity index (χ0n) is 11.6. The molecule has 4 nitrogen and oxygen atoms in total. The summed E-state index contributed by atoms with van der Waals surface area (Å²) in [7, 11) is 1.77. The molecule has 0 bridgehead atoms. The van der Waals surface area contributed by atoms with Crippen molar-refractivity contribution < 1.29 is 9.15 Å². The predicted molar refractivity (Wildman–Crippen MR) is 71.4 cm³/mol. The summed E-state index contributed by atoms with van der Waals surface area (Å²) in [6, 6.07) is 4.30. The lowest BCUT2D eigenvalue weighted by Gasteiger charge is -2.29. The maximum absolute atomic E-state index is 6.14. The molecule has 0 amide bonds. The van der Waals surface area contributed by atoms with Gasteiger partial charge < -0.3 is 14.9 Å². The summed E-state index contributed by atoms with van der Waals surface area (Å²) in [5, 5.41) is 0. The molecule has 2 rings (SSSR count). The van der Waals surface area contributed by atoms with Gasteiger partial charge in [-0.15, -0.1) is 0 Å². The molecule has 4 heteroatoms. The molecule has 1 fully saturated rings. The molecule has 0 radical (unpaired) electrons. The van der Waals surface area contributed by atoms with Gasteiger partial charge in [-0.05, 0) is 44.9 Å². The number of hydrogen-bond donors (Lipinski definition) is 1. The van der Waals surface area contributed by atoms with Crippen LogP contribution in [0.2, 0.25) is 0 Å². The first-order valence-electron chi connectivity index (χ1n) is 6.66. The van der Waals surface area contributed by atoms with Crippen molar-refractivity contribution in [1.29, 1.82) is 0 Å². The number of methoxy groups -OCH3 is 1. The van der Waals surface area contributed by atoms with Crippen molar-refractivity contribution in [1.82, 2.24) is 4.90 Å². The number of hydrogen-bond acceptors (Lipinski definition) is 4. The summed E-state index contributed by atoms with van der Waals surface area (Å²) >= 11 is 0. The Morgan fingerprint density at radius 3 is 2.89 bits per heavy atom. The molecule has 1 saturated heterocycles. The van der Waals surface area contributed by atoms with Crippen molar-refractivity contribution in [3.63, 3.8) is 0 Å². The van der Waals surface area contributed by atoms with Gasteiger partial charge in [-0.1, -0.05) is 0 Å². The van der Waals surface area contributed by atoms with E-state index in [-0.39, 0.29) is 12.1 Å². The molecule has 1 aliphatic rings. The SMILES string of the molecule is COCC1CCN(C(c2ccc(C)o2)C(C)N)C1. The van der Waals surface area contributed by atoms with Crippen LogP contribution in [-0.4, -0.2) is 37.7 Å². The molecule has 2 heterocycles. The van der Waals surface area contributed by atoms with Crippen molar-refractivity contribution in [2.24, 2.45) is 11.7 Å². The third-order valence-electron chi connectivity index (χ3n) is 3.66. The van der Waals surface area contributed by atoms with Crippen LogP contribution in [0.4, 0.5) is 0 Å². The Kier molecular flexibility index (Phi) is 4.43. The molecule has 1 aromatic heterocycles. The molecule has 3 unspecified atom stereocenters. The average molecular weight is 252 g/mol. The van der Waals surface area contributed by atoms with E-state index in [4.69, 9.17) is 14.9 Å². The van der Waals surface area contributed by atoms with Crippen LogP contribution in [0.25, 0.3) is 0 Å². The first kappa shape index (κ1) is 13.6. The highest BCUT2D eigenvalue weighted by atomic mass is 16.5. The van der Waals surface area contributed by atoms with E-state index in [1.165, 1.54) is 6.42 Å². The normalized spacial score (nSPS) is 24.3. The highest BCUT2D eigenvalue weighted by molar-refractivity contribution is 5.12. The fraction of sp³-hybridized carbons (Fsp3) is 0.714. The lowest BCUT2D eigenvalue weighted by molar-refractivity contribution is 0.138. The van der Waals surface area contributed by atoms with E-state index in [0.29, 0.717) is 5.92 Å². The van der Waals surface area contributed by atoms with Gasteiger partial charge in [0.05, 0.1) is 12.6 Å². The third-order valence-corrected chi connectivity index (χ3v) is 3.66. The minimum absolute atomic E-state index is 0.0665. The molecule has 0 saturated carbocycles. The summed E-state index contributed by atoms with van der Waals surface area (Å²) in [6.45, 7) is 6.96. The maximum atomic E-state index is 6.14. The second-order valence-corrected chi connectivity index (χ2v) is 5.36. The smallest absolute Gasteiger partial charge is 0.122 e. The molecule has 0 aliphatic carbocycles. The summed E-state index contributed by atoms with van der Waals surface area (Å²) < 4.78 is 11.0. The van der Waals surface area contributed by atoms with Gasteiger partial charge >= 0.3 is 0 Å². The topological polar surface area (TPSA) is 51.6 Å². The molecular weight excluding hydrogens is 228 g/mol. The van der Waals surface area contributed by atoms with Crippen LogP contribution in [0, 0.1) is 12.8 Å². The van der Waals surface area contributed by atoms with Crippen molar-refractivity contribution >= 4 is 0 Å². The number of nitrogens with two attached hydrogens (primary N) is 1. The Bertz CT molecular complexity index is 376. The molecule has 18 heavy (non-hydrogen) atoms. The number of rotatable bonds is 5. The van der Waals surface area contributed by atoms with Crippen LogP contribution in [0.3, 0.4) is 0 Å². The highest BCUT2D eigenvalue weighted by Crippen LogP contribution is 2.30. The Morgan fingerprint density at radius 2 is 2.33 bits per heavy atom. The van der Waals surface area contributed by atoms with Gasteiger partial charge in [0.2, 0.25) is 0 Å². The largest absolute Gasteiger partial charge is 0.465 e. The zero-order valence-corrected chi connectivity index (χ0v) is 11.6. The van der Waals surface area contributed by atoms with Crippen molar-refractivity contribution in [3.05, 3.63) is 23.7 Å². The summed E-state index contributed by atoms with van der Waals surface area (Å²) in [4.78, 5) is 2.42. The number of ether oxygens (including phenoxy) is 1. The second-order valence-electron chi connectivity index (χ2n) is 5.36. The van der Waals surface area contributed by atoms with E-state index in [2.05, 4.69) is 4.90 Å². The van der Waals surface area contributed by atoms with Crippen molar-refractivity contribution in [2.45, 2.75) is 32.4 Å². The standard InChI is InChI=1S/C14H24N2O2/c1-10-4-5-13(18-10)14(11(2)15)16-7-6-12(8-16)9-17-3/h4-5,11-12,14H,6-9,15H2,1-3H3. The Labute approximate surface area is 109 Å². The highest BCUT2D eigenvalue weighted by Gasteiger charge is 2.32. The fourth-order valence-corrected chi connectivity index (χ4v) is 2.87. The van der Waals surface area contributed by atoms with Crippen LogP contribution in [0.15, 0.2) is 16.5 Å². The summed E-state index contributed by atoms with van der Waals surface area (Å²) in [5.41, 5.74) is 6.14. The fourth-order valence-electron chi connectivity index (χ4n) is 2.87. The molecule has 0 spiro atoms. The van der Waals surface area contributed by atoms with E-state index in [1.807, 2.05) is 26.0 Å². The lowest BCUT2D eigenvalue weighted by atomic mass is 10.1. The minimum Gasteiger partial charge on any atom is -0.465 e. The van der Waals surface area contributed by atoms with Gasteiger partial charge in [0.1, 0.15) is 11.5 Å². The quantitative estimate of drug-likeness (QED) is 0.870. The second kappa shape index (κ2) is 5.87. The number of nitrogens with zero attached hydrogens (tertiary/aromatic N) is 1. The minimum atomic E-state index is 0.0665. The number of furan rings is 1. The van der Waals surface area contributed by atoms with Gasteiger partial charge in [-0.25, -0.2) is 0 Å². The third kappa shape index (κ3) is 2.94. The molecule has 1 aliphatic heterocycles. The van der Waals surface area contributed by atoms with Gasteiger partial charge in [0.25, 0.3) is 0 Å². The molecule has 3 atom stereocenters. The molecule has 2 N–H and O–H groups in total. The van der Waals surface area contributed by atoms with Gasteiger partial charge in [-0.3, -0.25) is 4.90 Å². The van der Waals surface area contributed by atoms with Crippen LogP contribution in [0.5, 0.6) is 0 Å². The van der Waals surface area contributed by atoms with Gasteiger partial charge in [0.15, 0.2) is 0 Å². The van der Waals surface area contributed by atoms with E-state index < -0.39 is 0 Å². The van der Waals surface area contributed by atoms with Crippen LogP contribution >= 0.6 is 0 Å². The van der Waals surface area contributed by atoms with Crippen LogP contribution < -0.4 is 5.73 Å². The van der Waals surface area contributed by atoms with Crippen LogP contribution in [-0.2, 0) is 4.74 Å². The van der Waals surface area contributed by atoms with Gasteiger partial charge in [0, 0.05) is 19.7 Å². The number of aryl methyl sites for hydroxylation is 1. The molecule has 102 valence electrons. The Hall–Kier alpha value is -0.840. The predicted octanol–water partition coefficient (Wildman–Crippen LogP) is 1.94. The zero-order chi connectivity index (χ0) is 13.1. The Balaban J connectivity index is 2.07. The first-order chi connectivity index (χ1) is 8.61. The molecule has 0 aromatic carbocycles. The average Bonchev–Trinajstić information content (AvgIpc) is 2.90. The summed E-state index contributed by atoms with van der Waals surface area (Å²) in [6.07, 6.45) is 1.18. The lowest BCUT2D eigenvalue weighted by Crippen LogP contribution is -2.38. The first-order valence-corrected chi connectivity index (χ1v) is 6.66. The van der Waals surface area contributed by atoms with Crippen LogP contribution in [0.1, 0.15) is 30.9 Å². The van der Waals surface area contributed by atoms with E-state index in [9.17, 15) is 0 Å². The van der Waals surface area contributed by atoms with Gasteiger partial charge in [-0.2, -0.15) is 0 Å². The van der Waals surface area contributed by atoms with E-state index in [1.54, 1.807) is 7.11 Å². The van der Waals surface area contributed by atoms with E-state index in [0.717, 1.165) is 31.2 Å². The van der Waals surface area contributed by atoms with Crippen molar-refractivity contribution in [2.75, 3.05) is 26.8 Å². The molecule has 1 aromatic rings. The Morgan fingerprint density at radius 1 is 1.56 bits per heavy atom.